The van der Waals surface area contributed by atoms with Crippen molar-refractivity contribution in [3.8, 4) is 0 Å². The molecule has 0 fully saturated rings. The molecule has 0 atom stereocenters. The van der Waals surface area contributed by atoms with Gasteiger partial charge in [0, 0.05) is 17.4 Å². The van der Waals surface area contributed by atoms with E-state index in [2.05, 4.69) is 0 Å². The first kappa shape index (κ1) is 10.3. The fraction of sp³-hybridized carbons (Fsp3) is 0.167. The zero-order valence-corrected chi connectivity index (χ0v) is 8.98. The van der Waals surface area contributed by atoms with Crippen molar-refractivity contribution in [3.63, 3.8) is 0 Å². The molecule has 2 rings (SSSR count). The first-order valence-electron chi connectivity index (χ1n) is 4.78. The number of aliphatic hydroxyl groups is 1. The van der Waals surface area contributed by atoms with E-state index >= 15 is 0 Å². The zero-order chi connectivity index (χ0) is 10.7. The third-order valence-corrected chi connectivity index (χ3v) is 2.55. The Kier molecular flexibility index (Phi) is 3.09. The molecule has 0 unspecified atom stereocenters. The molecule has 3 heteroatoms. The Balaban J connectivity index is 2.11. The van der Waals surface area contributed by atoms with E-state index < -0.39 is 0 Å². The molecule has 0 amide bonds. The highest BCUT2D eigenvalue weighted by Crippen LogP contribution is 2.13. The normalized spacial score (nSPS) is 10.5. The van der Waals surface area contributed by atoms with E-state index in [-0.39, 0.29) is 6.73 Å². The lowest BCUT2D eigenvalue weighted by molar-refractivity contribution is 0.211. The number of nitrogens with zero attached hydrogens (tertiary/aromatic N) is 1. The van der Waals surface area contributed by atoms with Crippen molar-refractivity contribution >= 4 is 11.6 Å². The van der Waals surface area contributed by atoms with Gasteiger partial charge in [0.15, 0.2) is 0 Å². The third-order valence-electron chi connectivity index (χ3n) is 2.30. The maximum Gasteiger partial charge on any atom is 0.119 e. The molecule has 1 aromatic carbocycles. The highest BCUT2D eigenvalue weighted by atomic mass is 35.5. The molecule has 0 aliphatic carbocycles. The van der Waals surface area contributed by atoms with Gasteiger partial charge in [-0.3, -0.25) is 0 Å². The molecule has 0 saturated heterocycles. The number of benzene rings is 1. The van der Waals surface area contributed by atoms with Crippen molar-refractivity contribution < 1.29 is 5.11 Å². The van der Waals surface area contributed by atoms with Crippen LogP contribution in [-0.4, -0.2) is 9.67 Å². The molecule has 0 aliphatic heterocycles. The van der Waals surface area contributed by atoms with E-state index in [0.29, 0.717) is 0 Å². The molecule has 0 radical (unpaired) electrons. The van der Waals surface area contributed by atoms with Gasteiger partial charge in [-0.1, -0.05) is 23.7 Å². The Bertz CT molecular complexity index is 433. The van der Waals surface area contributed by atoms with Gasteiger partial charge < -0.3 is 9.67 Å². The van der Waals surface area contributed by atoms with E-state index in [4.69, 9.17) is 16.7 Å². The fourth-order valence-electron chi connectivity index (χ4n) is 1.52. The summed E-state index contributed by atoms with van der Waals surface area (Å²) in [6, 6.07) is 9.81. The van der Waals surface area contributed by atoms with Crippen LogP contribution in [0.15, 0.2) is 42.7 Å². The standard InChI is InChI=1S/C12H12ClNO/c13-12-3-1-10(2-4-12)7-11-5-6-14(8-11)9-15/h1-6,8,15H,7,9H2. The van der Waals surface area contributed by atoms with Crippen LogP contribution >= 0.6 is 11.6 Å². The Morgan fingerprint density at radius 2 is 1.80 bits per heavy atom. The minimum atomic E-state index is 0.0284. The average Bonchev–Trinajstić information content (AvgIpc) is 2.69. The minimum Gasteiger partial charge on any atom is -0.376 e. The van der Waals surface area contributed by atoms with Crippen LogP contribution in [0.25, 0.3) is 0 Å². The highest BCUT2D eigenvalue weighted by molar-refractivity contribution is 6.30. The summed E-state index contributed by atoms with van der Waals surface area (Å²) < 4.78 is 1.74. The first-order valence-corrected chi connectivity index (χ1v) is 5.15. The van der Waals surface area contributed by atoms with E-state index in [9.17, 15) is 0 Å². The van der Waals surface area contributed by atoms with E-state index in [1.54, 1.807) is 4.57 Å². The molecule has 2 nitrogen and oxygen atoms in total. The average molecular weight is 222 g/mol. The van der Waals surface area contributed by atoms with Crippen LogP contribution in [-0.2, 0) is 13.2 Å². The summed E-state index contributed by atoms with van der Waals surface area (Å²) in [5.74, 6) is 0. The smallest absolute Gasteiger partial charge is 0.119 e. The maximum absolute atomic E-state index is 8.90. The molecule has 0 bridgehead atoms. The maximum atomic E-state index is 8.90. The monoisotopic (exact) mass is 221 g/mol. The quantitative estimate of drug-likeness (QED) is 0.847. The number of hydrogen-bond donors (Lipinski definition) is 1. The van der Waals surface area contributed by atoms with Gasteiger partial charge in [-0.15, -0.1) is 0 Å². The topological polar surface area (TPSA) is 25.2 Å². The van der Waals surface area contributed by atoms with Crippen LogP contribution in [0.3, 0.4) is 0 Å². The van der Waals surface area contributed by atoms with Gasteiger partial charge in [0.05, 0.1) is 0 Å². The van der Waals surface area contributed by atoms with Gasteiger partial charge in [-0.25, -0.2) is 0 Å². The van der Waals surface area contributed by atoms with Crippen LogP contribution in [0.2, 0.25) is 5.02 Å². The predicted octanol–water partition coefficient (Wildman–Crippen LogP) is 2.68. The highest BCUT2D eigenvalue weighted by Gasteiger charge is 1.98. The van der Waals surface area contributed by atoms with Gasteiger partial charge in [0.25, 0.3) is 0 Å². The molecular weight excluding hydrogens is 210 g/mol. The molecule has 0 spiro atoms. The minimum absolute atomic E-state index is 0.0284. The lowest BCUT2D eigenvalue weighted by atomic mass is 10.1. The number of rotatable bonds is 3. The van der Waals surface area contributed by atoms with Crippen LogP contribution < -0.4 is 0 Å². The second-order valence-corrected chi connectivity index (χ2v) is 3.92. The molecule has 0 saturated carbocycles. The van der Waals surface area contributed by atoms with Crippen molar-refractivity contribution in [3.05, 3.63) is 58.9 Å². The Morgan fingerprint density at radius 1 is 1.07 bits per heavy atom. The molecule has 15 heavy (non-hydrogen) atoms. The molecule has 1 N–H and O–H groups in total. The first-order chi connectivity index (χ1) is 7.28. The summed E-state index contributed by atoms with van der Waals surface area (Å²) in [7, 11) is 0. The molecule has 1 heterocycles. The second kappa shape index (κ2) is 4.51. The summed E-state index contributed by atoms with van der Waals surface area (Å²) in [4.78, 5) is 0. The van der Waals surface area contributed by atoms with E-state index in [1.165, 1.54) is 11.1 Å². The number of aliphatic hydroxyl groups excluding tert-OH is 1. The largest absolute Gasteiger partial charge is 0.376 e. The molecular formula is C12H12ClNO. The van der Waals surface area contributed by atoms with Gasteiger partial charge in [0.1, 0.15) is 6.73 Å². The van der Waals surface area contributed by atoms with Gasteiger partial charge in [-0.05, 0) is 35.7 Å². The number of hydrogen-bond acceptors (Lipinski definition) is 1. The molecule has 2 aromatic rings. The van der Waals surface area contributed by atoms with Crippen molar-refractivity contribution in [2.45, 2.75) is 13.2 Å². The predicted molar refractivity (Wildman–Crippen MR) is 60.9 cm³/mol. The van der Waals surface area contributed by atoms with Crippen LogP contribution in [0.1, 0.15) is 11.1 Å². The SMILES string of the molecule is OCn1ccc(Cc2ccc(Cl)cc2)c1. The summed E-state index contributed by atoms with van der Waals surface area (Å²) in [6.45, 7) is 0.0284. The summed E-state index contributed by atoms with van der Waals surface area (Å²) in [6.07, 6.45) is 4.67. The van der Waals surface area contributed by atoms with Crippen molar-refractivity contribution in [1.82, 2.24) is 4.57 Å². The molecule has 0 aliphatic rings. The summed E-state index contributed by atoms with van der Waals surface area (Å²) in [5.41, 5.74) is 2.40. The zero-order valence-electron chi connectivity index (χ0n) is 8.23. The lowest BCUT2D eigenvalue weighted by Gasteiger charge is -1.99. The van der Waals surface area contributed by atoms with Crippen molar-refractivity contribution in [1.29, 1.82) is 0 Å². The molecule has 78 valence electrons. The Hall–Kier alpha value is -1.25. The van der Waals surface area contributed by atoms with Gasteiger partial charge >= 0.3 is 0 Å². The lowest BCUT2D eigenvalue weighted by Crippen LogP contribution is -1.91. The molecule has 1 aromatic heterocycles. The Labute approximate surface area is 93.7 Å². The van der Waals surface area contributed by atoms with Crippen molar-refractivity contribution in [2.24, 2.45) is 0 Å². The number of halogens is 1. The van der Waals surface area contributed by atoms with Crippen LogP contribution in [0, 0.1) is 0 Å². The van der Waals surface area contributed by atoms with E-state index in [1.807, 2.05) is 42.7 Å². The third kappa shape index (κ3) is 2.61. The summed E-state index contributed by atoms with van der Waals surface area (Å²) >= 11 is 5.80. The van der Waals surface area contributed by atoms with Gasteiger partial charge in [-0.2, -0.15) is 0 Å². The second-order valence-electron chi connectivity index (χ2n) is 3.48. The van der Waals surface area contributed by atoms with Crippen LogP contribution in [0.5, 0.6) is 0 Å². The van der Waals surface area contributed by atoms with E-state index in [0.717, 1.165) is 11.4 Å². The Morgan fingerprint density at radius 3 is 2.40 bits per heavy atom. The summed E-state index contributed by atoms with van der Waals surface area (Å²) in [5, 5.41) is 9.66. The fourth-order valence-corrected chi connectivity index (χ4v) is 1.65. The number of aromatic nitrogens is 1. The van der Waals surface area contributed by atoms with Crippen LogP contribution in [0.4, 0.5) is 0 Å². The van der Waals surface area contributed by atoms with Gasteiger partial charge in [0.2, 0.25) is 0 Å². The van der Waals surface area contributed by atoms with Crippen molar-refractivity contribution in [2.75, 3.05) is 0 Å².